The fourth-order valence-corrected chi connectivity index (χ4v) is 4.65. The fraction of sp³-hybridized carbons (Fsp3) is 0.522. The number of hydrogen-bond acceptors (Lipinski definition) is 15. The van der Waals surface area contributed by atoms with Gasteiger partial charge in [0, 0.05) is 46.5 Å². The predicted octanol–water partition coefficient (Wildman–Crippen LogP) is 1.27. The third-order valence-corrected chi connectivity index (χ3v) is 6.44. The molecule has 0 bridgehead atoms. The lowest BCUT2D eigenvalue weighted by atomic mass is 9.99. The van der Waals surface area contributed by atoms with E-state index in [1.807, 2.05) is 0 Å². The van der Waals surface area contributed by atoms with Crippen LogP contribution >= 0.6 is 23.1 Å². The Balaban J connectivity index is 0.00000131. The lowest BCUT2D eigenvalue weighted by Crippen LogP contribution is -2.57. The molecular weight excluding hydrogens is 570 g/mol. The maximum Gasteiger partial charge on any atom is 0.303 e. The summed E-state index contributed by atoms with van der Waals surface area (Å²) in [6.07, 6.45) is -1.92. The van der Waals surface area contributed by atoms with Crippen LogP contribution in [0.15, 0.2) is 15.3 Å². The molecule has 1 aliphatic heterocycles. The standard InChI is InChI=1S/C21H27N5O8S2.C2H4O2/c1-9(27)31-7-14-17(33-11(3)29)13(32-10(2)28)6-15(34-14)26(4)18-16(12-8-36-20(22)23-12)19(30)25-21(24-18)35-5;1-2(3)4/h8,13-15,17H,6-7H2,1-5H3,(H2,22,23)(H,24,25,30);1H3,(H,3,4). The van der Waals surface area contributed by atoms with E-state index in [4.69, 9.17) is 34.6 Å². The minimum atomic E-state index is -1.03. The number of ether oxygens (including phenoxy) is 4. The van der Waals surface area contributed by atoms with Crippen molar-refractivity contribution in [1.29, 1.82) is 0 Å². The molecule has 1 fully saturated rings. The highest BCUT2D eigenvalue weighted by Crippen LogP contribution is 2.34. The summed E-state index contributed by atoms with van der Waals surface area (Å²) in [7, 11) is 1.65. The van der Waals surface area contributed by atoms with Gasteiger partial charge in [0.1, 0.15) is 36.4 Å². The number of aromatic amines is 1. The number of esters is 3. The van der Waals surface area contributed by atoms with Gasteiger partial charge < -0.3 is 39.7 Å². The molecule has 2 aromatic rings. The van der Waals surface area contributed by atoms with E-state index in [-0.39, 0.29) is 29.5 Å². The minimum absolute atomic E-state index is 0.0618. The summed E-state index contributed by atoms with van der Waals surface area (Å²) in [4.78, 5) is 70.2. The highest BCUT2D eigenvalue weighted by atomic mass is 32.2. The van der Waals surface area contributed by atoms with Gasteiger partial charge in [-0.15, -0.1) is 11.3 Å². The fourth-order valence-electron chi connectivity index (χ4n) is 3.72. The topological polar surface area (TPSA) is 213 Å². The van der Waals surface area contributed by atoms with Gasteiger partial charge in [-0.25, -0.2) is 9.97 Å². The van der Waals surface area contributed by atoms with E-state index in [9.17, 15) is 19.2 Å². The Labute approximate surface area is 237 Å². The Bertz CT molecular complexity index is 1280. The number of nitrogens with zero attached hydrogens (tertiary/aromatic N) is 3. The molecule has 1 aliphatic rings. The molecule has 3 rings (SSSR count). The van der Waals surface area contributed by atoms with Gasteiger partial charge in [-0.2, -0.15) is 0 Å². The molecule has 2 aromatic heterocycles. The molecule has 3 heterocycles. The average Bonchev–Trinajstić information content (AvgIpc) is 3.27. The number of thioether (sulfide) groups is 1. The molecule has 4 unspecified atom stereocenters. The summed E-state index contributed by atoms with van der Waals surface area (Å²) >= 11 is 2.41. The zero-order valence-corrected chi connectivity index (χ0v) is 24.3. The zero-order chi connectivity index (χ0) is 30.1. The van der Waals surface area contributed by atoms with Crippen LogP contribution in [0, 0.1) is 0 Å². The first kappa shape index (κ1) is 32.5. The molecule has 0 amide bonds. The van der Waals surface area contributed by atoms with Crippen molar-refractivity contribution in [3.05, 3.63) is 15.7 Å². The minimum Gasteiger partial charge on any atom is -0.481 e. The van der Waals surface area contributed by atoms with Crippen LogP contribution in [0.1, 0.15) is 34.1 Å². The van der Waals surface area contributed by atoms with Crippen LogP contribution in [0.5, 0.6) is 0 Å². The molecule has 1 saturated heterocycles. The van der Waals surface area contributed by atoms with E-state index in [1.165, 1.54) is 43.9 Å². The van der Waals surface area contributed by atoms with Crippen molar-refractivity contribution in [2.24, 2.45) is 0 Å². The van der Waals surface area contributed by atoms with Gasteiger partial charge >= 0.3 is 17.9 Å². The number of carbonyl (C=O) groups excluding carboxylic acids is 3. The number of carbonyl (C=O) groups is 4. The molecule has 220 valence electrons. The number of rotatable bonds is 8. The van der Waals surface area contributed by atoms with Crippen LogP contribution in [0.3, 0.4) is 0 Å². The Kier molecular flexibility index (Phi) is 11.9. The molecule has 15 nitrogen and oxygen atoms in total. The second-order valence-electron chi connectivity index (χ2n) is 8.36. The molecule has 4 atom stereocenters. The monoisotopic (exact) mass is 601 g/mol. The average molecular weight is 602 g/mol. The van der Waals surface area contributed by atoms with Crippen molar-refractivity contribution in [3.8, 4) is 11.3 Å². The van der Waals surface area contributed by atoms with Crippen molar-refractivity contribution >= 4 is 57.9 Å². The Morgan fingerprint density at radius 3 is 2.30 bits per heavy atom. The molecule has 0 aliphatic carbocycles. The largest absolute Gasteiger partial charge is 0.481 e. The first-order valence-corrected chi connectivity index (χ1v) is 13.8. The van der Waals surface area contributed by atoms with Crippen LogP contribution in [0.4, 0.5) is 10.9 Å². The van der Waals surface area contributed by atoms with Gasteiger partial charge in [0.2, 0.25) is 0 Å². The maximum atomic E-state index is 13.0. The summed E-state index contributed by atoms with van der Waals surface area (Å²) in [5.74, 6) is -2.37. The molecule has 4 N–H and O–H groups in total. The summed E-state index contributed by atoms with van der Waals surface area (Å²) in [5, 5.41) is 9.69. The van der Waals surface area contributed by atoms with E-state index in [0.29, 0.717) is 10.9 Å². The van der Waals surface area contributed by atoms with Crippen molar-refractivity contribution in [1.82, 2.24) is 15.0 Å². The van der Waals surface area contributed by atoms with Gasteiger partial charge in [0.25, 0.3) is 11.5 Å². The maximum absolute atomic E-state index is 13.0. The van der Waals surface area contributed by atoms with Gasteiger partial charge in [-0.3, -0.25) is 24.0 Å². The second-order valence-corrected chi connectivity index (χ2v) is 10.0. The van der Waals surface area contributed by atoms with Gasteiger partial charge in [-0.1, -0.05) is 11.8 Å². The van der Waals surface area contributed by atoms with Gasteiger partial charge in [0.15, 0.2) is 16.4 Å². The van der Waals surface area contributed by atoms with E-state index in [1.54, 1.807) is 23.6 Å². The normalized spacial score (nSPS) is 19.9. The molecule has 0 spiro atoms. The third-order valence-electron chi connectivity index (χ3n) is 5.19. The first-order chi connectivity index (χ1) is 18.7. The SMILES string of the molecule is CC(=O)O.CSc1nc(N(C)C2CC(OC(C)=O)C(OC(C)=O)C(COC(C)=O)O2)c(-c2csc(N)n2)c(=O)[nH]1. The predicted molar refractivity (Wildman–Crippen MR) is 145 cm³/mol. The van der Waals surface area contributed by atoms with E-state index in [2.05, 4.69) is 15.0 Å². The smallest absolute Gasteiger partial charge is 0.303 e. The highest BCUT2D eigenvalue weighted by Gasteiger charge is 2.45. The molecular formula is C23H31N5O10S2. The summed E-state index contributed by atoms with van der Waals surface area (Å²) in [6.45, 7) is 4.49. The second kappa shape index (κ2) is 14.6. The molecule has 40 heavy (non-hydrogen) atoms. The number of carboxylic acid groups (broad SMARTS) is 1. The van der Waals surface area contributed by atoms with Crippen molar-refractivity contribution in [3.63, 3.8) is 0 Å². The lowest BCUT2D eigenvalue weighted by molar-refractivity contribution is -0.214. The number of H-pyrrole nitrogens is 1. The number of anilines is 2. The molecule has 0 radical (unpaired) electrons. The van der Waals surface area contributed by atoms with Crippen LogP contribution in [0.2, 0.25) is 0 Å². The van der Waals surface area contributed by atoms with E-state index >= 15 is 0 Å². The van der Waals surface area contributed by atoms with Gasteiger partial charge in [0.05, 0.1) is 5.69 Å². The third kappa shape index (κ3) is 9.20. The van der Waals surface area contributed by atoms with Crippen molar-refractivity contribution in [2.45, 2.75) is 63.8 Å². The number of aliphatic carboxylic acids is 1. The summed E-state index contributed by atoms with van der Waals surface area (Å²) in [5.41, 5.74) is 5.87. The van der Waals surface area contributed by atoms with E-state index in [0.717, 1.165) is 6.92 Å². The van der Waals surface area contributed by atoms with E-state index < -0.39 is 54.0 Å². The van der Waals surface area contributed by atoms with Crippen LogP contribution in [-0.2, 0) is 38.1 Å². The number of aromatic nitrogens is 3. The van der Waals surface area contributed by atoms with Crippen LogP contribution < -0.4 is 16.2 Å². The number of thiazole rings is 1. The molecule has 0 aromatic carbocycles. The first-order valence-electron chi connectivity index (χ1n) is 11.7. The quantitative estimate of drug-likeness (QED) is 0.168. The summed E-state index contributed by atoms with van der Waals surface area (Å²) in [6, 6.07) is 0. The van der Waals surface area contributed by atoms with Crippen molar-refractivity contribution < 1.29 is 43.2 Å². The Morgan fingerprint density at radius 1 is 1.18 bits per heavy atom. The number of nitrogens with two attached hydrogens (primary N) is 1. The number of carboxylic acids is 1. The molecule has 17 heteroatoms. The number of hydrogen-bond donors (Lipinski definition) is 3. The van der Waals surface area contributed by atoms with Crippen LogP contribution in [0.25, 0.3) is 11.3 Å². The number of nitrogen functional groups attached to an aromatic ring is 1. The highest BCUT2D eigenvalue weighted by molar-refractivity contribution is 7.98. The number of nitrogens with one attached hydrogen (secondary N) is 1. The molecule has 0 saturated carbocycles. The van der Waals surface area contributed by atoms with Gasteiger partial charge in [-0.05, 0) is 6.26 Å². The Morgan fingerprint density at radius 2 is 1.80 bits per heavy atom. The van der Waals surface area contributed by atoms with Crippen molar-refractivity contribution in [2.75, 3.05) is 30.5 Å². The summed E-state index contributed by atoms with van der Waals surface area (Å²) < 4.78 is 22.1. The zero-order valence-electron chi connectivity index (χ0n) is 22.7. The van der Waals surface area contributed by atoms with Crippen LogP contribution in [-0.4, -0.2) is 88.4 Å². The lowest BCUT2D eigenvalue weighted by Gasteiger charge is -2.43. The Hall–Kier alpha value is -3.70.